The van der Waals surface area contributed by atoms with Crippen LogP contribution in [0.1, 0.15) is 39.0 Å². The Morgan fingerprint density at radius 2 is 2.20 bits per heavy atom. The fourth-order valence-electron chi connectivity index (χ4n) is 1.64. The largest absolute Gasteiger partial charge is 0.343 e. The van der Waals surface area contributed by atoms with Crippen molar-refractivity contribution in [2.24, 2.45) is 11.7 Å². The van der Waals surface area contributed by atoms with Gasteiger partial charge < -0.3 is 11.1 Å². The minimum Gasteiger partial charge on any atom is -0.343 e. The summed E-state index contributed by atoms with van der Waals surface area (Å²) in [7, 11) is 0. The molecule has 4 heteroatoms. The van der Waals surface area contributed by atoms with Crippen molar-refractivity contribution < 1.29 is 4.79 Å². The quantitative estimate of drug-likeness (QED) is 0.591. The zero-order chi connectivity index (χ0) is 11.5. The minimum absolute atomic E-state index is 0.0327. The van der Waals surface area contributed by atoms with Gasteiger partial charge in [-0.25, -0.2) is 0 Å². The molecule has 86 valence electrons. The highest BCUT2D eigenvalue weighted by molar-refractivity contribution is 5.76. The maximum absolute atomic E-state index is 11.2. The average Bonchev–Trinajstić information content (AvgIpc) is 2.23. The van der Waals surface area contributed by atoms with E-state index in [9.17, 15) is 4.79 Å². The van der Waals surface area contributed by atoms with Crippen molar-refractivity contribution in [2.75, 3.05) is 13.1 Å². The van der Waals surface area contributed by atoms with Gasteiger partial charge in [0.15, 0.2) is 0 Å². The Kier molecular flexibility index (Phi) is 8.79. The van der Waals surface area contributed by atoms with Crippen LogP contribution in [0.15, 0.2) is 0 Å². The number of rotatable bonds is 8. The Labute approximate surface area is 91.8 Å². The van der Waals surface area contributed by atoms with Gasteiger partial charge in [-0.05, 0) is 25.3 Å². The molecule has 0 saturated carbocycles. The molecule has 0 fully saturated rings. The highest BCUT2D eigenvalue weighted by atomic mass is 16.1. The summed E-state index contributed by atoms with van der Waals surface area (Å²) in [6.45, 7) is 2.93. The lowest BCUT2D eigenvalue weighted by Gasteiger charge is -2.14. The fourth-order valence-corrected chi connectivity index (χ4v) is 1.64. The average molecular weight is 211 g/mol. The predicted octanol–water partition coefficient (Wildman–Crippen LogP) is 1.17. The number of hydrogen-bond acceptors (Lipinski definition) is 3. The molecule has 0 aromatic carbocycles. The molecule has 0 heterocycles. The number of carbonyl (C=O) groups is 1. The Hall–Kier alpha value is -1.08. The maximum atomic E-state index is 11.2. The van der Waals surface area contributed by atoms with E-state index in [1.54, 1.807) is 0 Å². The molecular formula is C11H21N3O. The van der Waals surface area contributed by atoms with Gasteiger partial charge in [-0.1, -0.05) is 19.8 Å². The first-order valence-corrected chi connectivity index (χ1v) is 5.58. The zero-order valence-electron chi connectivity index (χ0n) is 9.46. The number of nitrogens with two attached hydrogens (primary N) is 1. The molecule has 0 bridgehead atoms. The zero-order valence-corrected chi connectivity index (χ0v) is 9.46. The van der Waals surface area contributed by atoms with E-state index >= 15 is 0 Å². The first kappa shape index (κ1) is 13.9. The first-order chi connectivity index (χ1) is 7.24. The van der Waals surface area contributed by atoms with E-state index in [4.69, 9.17) is 11.0 Å². The second-order valence-corrected chi connectivity index (χ2v) is 3.71. The highest BCUT2D eigenvalue weighted by Gasteiger charge is 2.09. The van der Waals surface area contributed by atoms with Crippen molar-refractivity contribution in [2.45, 2.75) is 39.0 Å². The molecule has 0 aromatic heterocycles. The van der Waals surface area contributed by atoms with Crippen LogP contribution in [0.2, 0.25) is 0 Å². The van der Waals surface area contributed by atoms with E-state index in [-0.39, 0.29) is 12.5 Å². The molecule has 0 aliphatic heterocycles. The number of carbonyl (C=O) groups excluding carboxylic acids is 1. The number of nitriles is 1. The lowest BCUT2D eigenvalue weighted by molar-refractivity contribution is -0.121. The van der Waals surface area contributed by atoms with Crippen molar-refractivity contribution in [3.63, 3.8) is 0 Å². The summed E-state index contributed by atoms with van der Waals surface area (Å²) < 4.78 is 0. The molecule has 1 amide bonds. The summed E-state index contributed by atoms with van der Waals surface area (Å²) in [5.74, 6) is 0.516. The van der Waals surface area contributed by atoms with E-state index in [1.807, 2.05) is 6.07 Å². The van der Waals surface area contributed by atoms with E-state index in [2.05, 4.69) is 12.2 Å². The molecule has 3 N–H and O–H groups in total. The second-order valence-electron chi connectivity index (χ2n) is 3.71. The molecule has 0 rings (SSSR count). The molecule has 0 radical (unpaired) electrons. The fraction of sp³-hybridized carbons (Fsp3) is 0.818. The van der Waals surface area contributed by atoms with Crippen LogP contribution in [0.4, 0.5) is 0 Å². The van der Waals surface area contributed by atoms with Gasteiger partial charge in [0, 0.05) is 6.42 Å². The van der Waals surface area contributed by atoms with Crippen LogP contribution < -0.4 is 11.1 Å². The van der Waals surface area contributed by atoms with Crippen molar-refractivity contribution >= 4 is 5.91 Å². The molecular weight excluding hydrogens is 190 g/mol. The van der Waals surface area contributed by atoms with Gasteiger partial charge in [-0.2, -0.15) is 5.26 Å². The van der Waals surface area contributed by atoms with Gasteiger partial charge in [0.05, 0.1) is 6.07 Å². The summed E-state index contributed by atoms with van der Waals surface area (Å²) in [6, 6.07) is 1.88. The molecule has 0 saturated heterocycles. The molecule has 1 unspecified atom stereocenters. The van der Waals surface area contributed by atoms with Crippen LogP contribution in [0.5, 0.6) is 0 Å². The van der Waals surface area contributed by atoms with Crippen LogP contribution in [-0.4, -0.2) is 19.0 Å². The van der Waals surface area contributed by atoms with Gasteiger partial charge in [-0.3, -0.25) is 4.79 Å². The Bertz CT molecular complexity index is 204. The number of amides is 1. The van der Waals surface area contributed by atoms with Crippen molar-refractivity contribution in [1.82, 2.24) is 5.32 Å². The van der Waals surface area contributed by atoms with E-state index in [0.29, 0.717) is 18.9 Å². The summed E-state index contributed by atoms with van der Waals surface area (Å²) >= 11 is 0. The Morgan fingerprint density at radius 1 is 1.47 bits per heavy atom. The van der Waals surface area contributed by atoms with E-state index in [0.717, 1.165) is 25.7 Å². The molecule has 0 spiro atoms. The molecule has 0 aliphatic rings. The normalized spacial score (nSPS) is 11.8. The Morgan fingerprint density at radius 3 is 2.73 bits per heavy atom. The molecule has 1 atom stereocenters. The molecule has 4 nitrogen and oxygen atoms in total. The lowest BCUT2D eigenvalue weighted by atomic mass is 9.94. The van der Waals surface area contributed by atoms with Crippen LogP contribution >= 0.6 is 0 Å². The second kappa shape index (κ2) is 9.47. The van der Waals surface area contributed by atoms with Crippen molar-refractivity contribution in [3.05, 3.63) is 0 Å². The maximum Gasteiger partial charge on any atom is 0.220 e. The van der Waals surface area contributed by atoms with Crippen LogP contribution in [0.3, 0.4) is 0 Å². The number of hydrogen-bond donors (Lipinski definition) is 2. The minimum atomic E-state index is -0.0327. The van der Waals surface area contributed by atoms with Gasteiger partial charge in [0.2, 0.25) is 5.91 Å². The topological polar surface area (TPSA) is 78.9 Å². The van der Waals surface area contributed by atoms with Gasteiger partial charge >= 0.3 is 0 Å². The van der Waals surface area contributed by atoms with Crippen molar-refractivity contribution in [3.8, 4) is 6.07 Å². The standard InChI is InChI=1S/C11H21N3O/c1-2-3-10(6-7-12)4-5-11(15)14-9-8-13/h10H,2-7,9,12H2,1H3,(H,14,15). The van der Waals surface area contributed by atoms with Crippen LogP contribution in [0, 0.1) is 17.2 Å². The van der Waals surface area contributed by atoms with Crippen LogP contribution in [-0.2, 0) is 4.79 Å². The summed E-state index contributed by atoms with van der Waals surface area (Å²) in [4.78, 5) is 11.2. The highest BCUT2D eigenvalue weighted by Crippen LogP contribution is 2.16. The molecule has 0 aromatic rings. The summed E-state index contributed by atoms with van der Waals surface area (Å²) in [6.07, 6.45) is 4.63. The summed E-state index contributed by atoms with van der Waals surface area (Å²) in [5.41, 5.74) is 5.50. The third-order valence-corrected chi connectivity index (χ3v) is 2.42. The van der Waals surface area contributed by atoms with Crippen LogP contribution in [0.25, 0.3) is 0 Å². The first-order valence-electron chi connectivity index (χ1n) is 5.58. The predicted molar refractivity (Wildman–Crippen MR) is 59.9 cm³/mol. The molecule has 0 aliphatic carbocycles. The number of nitrogens with one attached hydrogen (secondary N) is 1. The third kappa shape index (κ3) is 7.95. The summed E-state index contributed by atoms with van der Waals surface area (Å²) in [5, 5.41) is 10.8. The Balaban J connectivity index is 3.68. The van der Waals surface area contributed by atoms with Gasteiger partial charge in [0.1, 0.15) is 6.54 Å². The monoisotopic (exact) mass is 211 g/mol. The van der Waals surface area contributed by atoms with Gasteiger partial charge in [-0.15, -0.1) is 0 Å². The van der Waals surface area contributed by atoms with E-state index in [1.165, 1.54) is 0 Å². The van der Waals surface area contributed by atoms with E-state index < -0.39 is 0 Å². The lowest BCUT2D eigenvalue weighted by Crippen LogP contribution is -2.24. The number of nitrogens with zero attached hydrogens (tertiary/aromatic N) is 1. The third-order valence-electron chi connectivity index (χ3n) is 2.42. The molecule has 15 heavy (non-hydrogen) atoms. The SMILES string of the molecule is CCCC(CCN)CCC(=O)NCC#N. The van der Waals surface area contributed by atoms with Gasteiger partial charge in [0.25, 0.3) is 0 Å². The van der Waals surface area contributed by atoms with Crippen molar-refractivity contribution in [1.29, 1.82) is 5.26 Å². The smallest absolute Gasteiger partial charge is 0.220 e.